The van der Waals surface area contributed by atoms with E-state index in [0.29, 0.717) is 30.0 Å². The van der Waals surface area contributed by atoms with Gasteiger partial charge >= 0.3 is 6.16 Å². The summed E-state index contributed by atoms with van der Waals surface area (Å²) in [6, 6.07) is 20.7. The monoisotopic (exact) mass is 638 g/mol. The van der Waals surface area contributed by atoms with Crippen LogP contribution in [-0.4, -0.2) is 60.5 Å². The van der Waals surface area contributed by atoms with Crippen molar-refractivity contribution in [1.82, 2.24) is 9.47 Å². The summed E-state index contributed by atoms with van der Waals surface area (Å²) in [6.07, 6.45) is -0.250. The summed E-state index contributed by atoms with van der Waals surface area (Å²) in [5.41, 5.74) is 3.09. The lowest BCUT2D eigenvalue weighted by atomic mass is 10.1. The minimum atomic E-state index is -1.61. The largest absolute Gasteiger partial charge is 0.511 e. The molecule has 2 heterocycles. The molecule has 1 fully saturated rings. The fourth-order valence-electron chi connectivity index (χ4n) is 5.23. The second kappa shape index (κ2) is 14.6. The van der Waals surface area contributed by atoms with Crippen molar-refractivity contribution in [3.63, 3.8) is 0 Å². The quantitative estimate of drug-likeness (QED) is 0.251. The first-order valence-electron chi connectivity index (χ1n) is 12.8. The Morgan fingerprint density at radius 2 is 1.67 bits per heavy atom. The molecule has 0 bridgehead atoms. The van der Waals surface area contributed by atoms with Gasteiger partial charge in [0.15, 0.2) is 5.75 Å². The Hall–Kier alpha value is -3.50. The van der Waals surface area contributed by atoms with Crippen molar-refractivity contribution in [2.24, 2.45) is 0 Å². The van der Waals surface area contributed by atoms with Gasteiger partial charge in [-0.1, -0.05) is 30.3 Å². The maximum atomic E-state index is 15.6. The summed E-state index contributed by atoms with van der Waals surface area (Å²) in [7, 11) is 3.96. The predicted octanol–water partition coefficient (Wildman–Crippen LogP) is 6.23. The SMILES string of the molecule is CC1CN(c2ccccc2)CCN1c1cc2c(cc1F)c(=O)c(OC(=O)O)cn2-c1ccc(CN(C)C)cc1.Cl.Cl.Cl. The number of pyridine rings is 1. The number of anilines is 2. The van der Waals surface area contributed by atoms with E-state index in [2.05, 4.69) is 28.9 Å². The molecule has 1 unspecified atom stereocenters. The predicted molar refractivity (Wildman–Crippen MR) is 173 cm³/mol. The number of ether oxygens (including phenoxy) is 1. The molecule has 8 nitrogen and oxygen atoms in total. The fourth-order valence-corrected chi connectivity index (χ4v) is 5.23. The maximum Gasteiger partial charge on any atom is 0.511 e. The Labute approximate surface area is 262 Å². The maximum absolute atomic E-state index is 15.6. The Balaban J connectivity index is 0.00000205. The number of hydrogen-bond donors (Lipinski definition) is 1. The van der Waals surface area contributed by atoms with Crippen molar-refractivity contribution in [3.05, 3.63) is 94.5 Å². The van der Waals surface area contributed by atoms with Gasteiger partial charge in [0.2, 0.25) is 5.43 Å². The summed E-state index contributed by atoms with van der Waals surface area (Å²) >= 11 is 0. The first-order chi connectivity index (χ1) is 18.7. The van der Waals surface area contributed by atoms with E-state index in [0.717, 1.165) is 24.3 Å². The van der Waals surface area contributed by atoms with Crippen molar-refractivity contribution in [2.75, 3.05) is 43.5 Å². The molecule has 4 aromatic rings. The van der Waals surface area contributed by atoms with Crippen molar-refractivity contribution < 1.29 is 19.0 Å². The number of aromatic nitrogens is 1. The minimum absolute atomic E-state index is 0. The van der Waals surface area contributed by atoms with E-state index in [9.17, 15) is 14.7 Å². The summed E-state index contributed by atoms with van der Waals surface area (Å²) in [4.78, 5) is 30.8. The number of benzene rings is 3. The Morgan fingerprint density at radius 1 is 1.00 bits per heavy atom. The van der Waals surface area contributed by atoms with Gasteiger partial charge < -0.3 is 29.1 Å². The topological polar surface area (TPSA) is 78.2 Å². The number of carbonyl (C=O) groups is 1. The molecule has 0 spiro atoms. The van der Waals surface area contributed by atoms with Crippen LogP contribution in [0.15, 0.2) is 77.7 Å². The second-order valence-corrected chi connectivity index (χ2v) is 10.1. The highest BCUT2D eigenvalue weighted by Gasteiger charge is 2.27. The number of nitrogens with zero attached hydrogens (tertiary/aromatic N) is 4. The van der Waals surface area contributed by atoms with Gasteiger partial charge in [-0.2, -0.15) is 0 Å². The van der Waals surface area contributed by atoms with Gasteiger partial charge in [0, 0.05) is 43.6 Å². The number of piperazine rings is 1. The summed E-state index contributed by atoms with van der Waals surface area (Å²) < 4.78 is 22.1. The zero-order valence-electron chi connectivity index (χ0n) is 23.4. The van der Waals surface area contributed by atoms with E-state index in [1.165, 1.54) is 12.3 Å². The fraction of sp³-hybridized carbons (Fsp3) is 0.267. The lowest BCUT2D eigenvalue weighted by Crippen LogP contribution is -2.52. The van der Waals surface area contributed by atoms with Crippen LogP contribution in [0.1, 0.15) is 12.5 Å². The van der Waals surface area contributed by atoms with E-state index in [1.807, 2.05) is 61.5 Å². The van der Waals surface area contributed by atoms with Gasteiger partial charge in [0.05, 0.1) is 22.8 Å². The van der Waals surface area contributed by atoms with Gasteiger partial charge in [0.25, 0.3) is 0 Å². The van der Waals surface area contributed by atoms with Crippen molar-refractivity contribution in [1.29, 1.82) is 0 Å². The van der Waals surface area contributed by atoms with Crippen LogP contribution in [0.2, 0.25) is 0 Å². The number of para-hydroxylation sites is 1. The standard InChI is InChI=1S/C30H31FN4O4.3ClH/c1-20-17-33(22-7-5-4-6-8-22)13-14-34(20)27-16-26-24(15-25(27)31)29(36)28(39-30(37)38)19-35(26)23-11-9-21(10-12-23)18-32(2)3;;;/h4-12,15-16,19-20H,13-14,17-18H2,1-3H3,(H,37,38);3*1H. The third-order valence-electron chi connectivity index (χ3n) is 7.01. The zero-order valence-corrected chi connectivity index (χ0v) is 25.8. The second-order valence-electron chi connectivity index (χ2n) is 10.1. The molecule has 1 aliphatic rings. The lowest BCUT2D eigenvalue weighted by molar-refractivity contribution is 0.144. The van der Waals surface area contributed by atoms with E-state index in [4.69, 9.17) is 4.74 Å². The van der Waals surface area contributed by atoms with Crippen molar-refractivity contribution >= 4 is 65.7 Å². The molecule has 1 saturated heterocycles. The molecule has 3 aromatic carbocycles. The molecule has 12 heteroatoms. The average molecular weight is 640 g/mol. The molecule has 5 rings (SSSR count). The minimum Gasteiger partial charge on any atom is -0.449 e. The summed E-state index contributed by atoms with van der Waals surface area (Å²) in [6.45, 7) is 4.84. The number of rotatable bonds is 6. The van der Waals surface area contributed by atoms with Gasteiger partial charge in [-0.15, -0.1) is 37.2 Å². The molecule has 1 N–H and O–H groups in total. The van der Waals surface area contributed by atoms with Crippen LogP contribution < -0.4 is 20.0 Å². The van der Waals surface area contributed by atoms with Crippen LogP contribution in [-0.2, 0) is 6.54 Å². The molecule has 0 amide bonds. The first kappa shape index (κ1) is 34.7. The molecule has 42 heavy (non-hydrogen) atoms. The third kappa shape index (κ3) is 7.28. The number of carboxylic acid groups (broad SMARTS) is 1. The molecule has 1 atom stereocenters. The molecule has 0 radical (unpaired) electrons. The van der Waals surface area contributed by atoms with E-state index in [-0.39, 0.29) is 54.4 Å². The molecule has 0 saturated carbocycles. The van der Waals surface area contributed by atoms with E-state index >= 15 is 4.39 Å². The molecule has 226 valence electrons. The number of halogens is 4. The van der Waals surface area contributed by atoms with E-state index in [1.54, 1.807) is 10.6 Å². The van der Waals surface area contributed by atoms with Gasteiger partial charge in [-0.3, -0.25) is 4.79 Å². The Kier molecular flexibility index (Phi) is 12.1. The lowest BCUT2D eigenvalue weighted by Gasteiger charge is -2.42. The van der Waals surface area contributed by atoms with Crippen molar-refractivity contribution in [2.45, 2.75) is 19.5 Å². The first-order valence-corrected chi connectivity index (χ1v) is 12.8. The average Bonchev–Trinajstić information content (AvgIpc) is 2.91. The molecular weight excluding hydrogens is 606 g/mol. The Morgan fingerprint density at radius 3 is 2.26 bits per heavy atom. The van der Waals surface area contributed by atoms with Crippen LogP contribution in [0, 0.1) is 5.82 Å². The highest BCUT2D eigenvalue weighted by molar-refractivity contribution is 5.87. The van der Waals surface area contributed by atoms with Crippen LogP contribution in [0.4, 0.5) is 20.6 Å². The zero-order chi connectivity index (χ0) is 27.7. The van der Waals surface area contributed by atoms with Gasteiger partial charge in [-0.05, 0) is 63.0 Å². The normalized spacial score (nSPS) is 14.5. The molecule has 1 aliphatic heterocycles. The molecule has 0 aliphatic carbocycles. The van der Waals surface area contributed by atoms with E-state index < -0.39 is 17.4 Å². The third-order valence-corrected chi connectivity index (χ3v) is 7.01. The van der Waals surface area contributed by atoms with Crippen LogP contribution in [0.25, 0.3) is 16.6 Å². The highest BCUT2D eigenvalue weighted by Crippen LogP contribution is 2.31. The molecule has 1 aromatic heterocycles. The highest BCUT2D eigenvalue weighted by atomic mass is 35.5. The smallest absolute Gasteiger partial charge is 0.449 e. The van der Waals surface area contributed by atoms with Gasteiger partial charge in [-0.25, -0.2) is 9.18 Å². The van der Waals surface area contributed by atoms with Gasteiger partial charge in [0.1, 0.15) is 5.82 Å². The van der Waals surface area contributed by atoms with Crippen LogP contribution in [0.3, 0.4) is 0 Å². The number of hydrogen-bond acceptors (Lipinski definition) is 6. The van der Waals surface area contributed by atoms with Crippen LogP contribution >= 0.6 is 37.2 Å². The number of fused-ring (bicyclic) bond motifs is 1. The summed E-state index contributed by atoms with van der Waals surface area (Å²) in [5, 5.41) is 9.23. The Bertz CT molecular complexity index is 1570. The van der Waals surface area contributed by atoms with Crippen molar-refractivity contribution in [3.8, 4) is 11.4 Å². The summed E-state index contributed by atoms with van der Waals surface area (Å²) in [5.74, 6) is -0.927. The molecular formula is C30H34Cl3FN4O4. The van der Waals surface area contributed by atoms with Crippen LogP contribution in [0.5, 0.6) is 5.75 Å².